The van der Waals surface area contributed by atoms with E-state index in [1.54, 1.807) is 7.11 Å². The molecule has 1 aromatic heterocycles. The van der Waals surface area contributed by atoms with E-state index in [1.807, 2.05) is 0 Å². The van der Waals surface area contributed by atoms with Crippen molar-refractivity contribution >= 4 is 0 Å². The van der Waals surface area contributed by atoms with Gasteiger partial charge < -0.3 is 14.0 Å². The third-order valence-electron chi connectivity index (χ3n) is 6.26. The largest absolute Gasteiger partial charge is 0.379 e. The molecule has 3 aliphatic rings. The highest BCUT2D eigenvalue weighted by Gasteiger charge is 2.41. The van der Waals surface area contributed by atoms with Gasteiger partial charge in [0, 0.05) is 32.2 Å². The fraction of sp³-hybridized carbons (Fsp3) is 0.889. The molecule has 4 rings (SSSR count). The van der Waals surface area contributed by atoms with Crippen LogP contribution < -0.4 is 0 Å². The maximum atomic E-state index is 5.78. The van der Waals surface area contributed by atoms with Crippen molar-refractivity contribution in [3.8, 4) is 0 Å². The molecule has 1 saturated heterocycles. The topological polar surface area (TPSA) is 60.6 Å². The van der Waals surface area contributed by atoms with Gasteiger partial charge in [-0.3, -0.25) is 4.90 Å². The van der Waals surface area contributed by atoms with Crippen LogP contribution in [0, 0.1) is 0 Å². The molecule has 2 aliphatic carbocycles. The van der Waals surface area contributed by atoms with E-state index in [0.29, 0.717) is 12.0 Å². The Balaban J connectivity index is 1.37. The van der Waals surface area contributed by atoms with Gasteiger partial charge in [0.05, 0.1) is 13.2 Å². The third kappa shape index (κ3) is 3.11. The maximum Gasteiger partial charge on any atom is 0.229 e. The average Bonchev–Trinajstić information content (AvgIpc) is 3.33. The van der Waals surface area contributed by atoms with Crippen LogP contribution in [0.2, 0.25) is 0 Å². The molecule has 24 heavy (non-hydrogen) atoms. The summed E-state index contributed by atoms with van der Waals surface area (Å²) in [6, 6.07) is 0.702. The molecule has 1 aliphatic heterocycles. The zero-order valence-electron chi connectivity index (χ0n) is 14.7. The summed E-state index contributed by atoms with van der Waals surface area (Å²) in [5, 5.41) is 4.29. The van der Waals surface area contributed by atoms with E-state index in [2.05, 4.69) is 10.1 Å². The predicted molar refractivity (Wildman–Crippen MR) is 88.8 cm³/mol. The second-order valence-corrected chi connectivity index (χ2v) is 7.52. The second kappa shape index (κ2) is 7.10. The Bertz CT molecular complexity index is 527. The van der Waals surface area contributed by atoms with Gasteiger partial charge in [0.15, 0.2) is 0 Å². The number of nitrogens with zero attached hydrogens (tertiary/aromatic N) is 3. The van der Waals surface area contributed by atoms with Crippen LogP contribution in [0.4, 0.5) is 0 Å². The monoisotopic (exact) mass is 335 g/mol. The molecule has 0 atom stereocenters. The van der Waals surface area contributed by atoms with Gasteiger partial charge in [0.2, 0.25) is 11.7 Å². The molecule has 3 fully saturated rings. The van der Waals surface area contributed by atoms with Gasteiger partial charge in [-0.2, -0.15) is 4.98 Å². The number of methoxy groups -OCH3 is 1. The van der Waals surface area contributed by atoms with Gasteiger partial charge in [-0.25, -0.2) is 0 Å². The number of aromatic nitrogens is 2. The first-order chi connectivity index (χ1) is 11.8. The predicted octanol–water partition coefficient (Wildman–Crippen LogP) is 2.84. The van der Waals surface area contributed by atoms with Crippen LogP contribution in [0.3, 0.4) is 0 Å². The summed E-state index contributed by atoms with van der Waals surface area (Å²) in [4.78, 5) is 7.35. The van der Waals surface area contributed by atoms with Crippen LogP contribution in [0.25, 0.3) is 0 Å². The quantitative estimate of drug-likeness (QED) is 0.843. The molecule has 6 nitrogen and oxygen atoms in total. The number of hydrogen-bond acceptors (Lipinski definition) is 6. The lowest BCUT2D eigenvalue weighted by Gasteiger charge is -2.38. The Morgan fingerprint density at radius 1 is 1.08 bits per heavy atom. The first kappa shape index (κ1) is 16.5. The van der Waals surface area contributed by atoms with Crippen molar-refractivity contribution in [2.45, 2.75) is 68.9 Å². The molecule has 0 spiro atoms. The number of rotatable bonds is 4. The standard InChI is InChI=1S/C18H29N3O3/c1-22-18(8-2-3-9-18)17-19-16(24-20-17)14-4-6-15(7-5-14)21-10-12-23-13-11-21/h14-15H,2-13H2,1H3. The van der Waals surface area contributed by atoms with Crippen molar-refractivity contribution in [1.82, 2.24) is 15.0 Å². The summed E-state index contributed by atoms with van der Waals surface area (Å²) >= 11 is 0. The highest BCUT2D eigenvalue weighted by Crippen LogP contribution is 2.41. The molecular formula is C18H29N3O3. The number of hydrogen-bond donors (Lipinski definition) is 0. The van der Waals surface area contributed by atoms with Crippen LogP contribution in [0.1, 0.15) is 69.0 Å². The molecule has 0 unspecified atom stereocenters. The van der Waals surface area contributed by atoms with Crippen LogP contribution in [-0.4, -0.2) is 54.5 Å². The van der Waals surface area contributed by atoms with E-state index in [0.717, 1.165) is 63.7 Å². The fourth-order valence-electron chi connectivity index (χ4n) is 4.68. The molecule has 1 aromatic rings. The highest BCUT2D eigenvalue weighted by molar-refractivity contribution is 5.07. The molecule has 0 aromatic carbocycles. The van der Waals surface area contributed by atoms with Crippen molar-refractivity contribution in [1.29, 1.82) is 0 Å². The molecule has 0 amide bonds. The minimum atomic E-state index is -0.299. The number of morpholine rings is 1. The Morgan fingerprint density at radius 2 is 1.79 bits per heavy atom. The molecule has 0 bridgehead atoms. The minimum Gasteiger partial charge on any atom is -0.379 e. The van der Waals surface area contributed by atoms with E-state index in [-0.39, 0.29) is 5.60 Å². The zero-order chi connectivity index (χ0) is 16.4. The smallest absolute Gasteiger partial charge is 0.229 e. The van der Waals surface area contributed by atoms with Crippen molar-refractivity contribution in [2.75, 3.05) is 33.4 Å². The summed E-state index contributed by atoms with van der Waals surface area (Å²) in [5.74, 6) is 2.01. The van der Waals surface area contributed by atoms with E-state index >= 15 is 0 Å². The number of ether oxygens (including phenoxy) is 2. The van der Waals surface area contributed by atoms with Crippen molar-refractivity contribution < 1.29 is 14.0 Å². The summed E-state index contributed by atoms with van der Waals surface area (Å²) in [7, 11) is 1.77. The molecule has 6 heteroatoms. The van der Waals surface area contributed by atoms with Gasteiger partial charge in [-0.05, 0) is 51.4 Å². The molecule has 2 saturated carbocycles. The van der Waals surface area contributed by atoms with E-state index in [1.165, 1.54) is 25.7 Å². The van der Waals surface area contributed by atoms with Crippen molar-refractivity contribution in [3.05, 3.63) is 11.7 Å². The Hall–Kier alpha value is -0.980. The maximum absolute atomic E-state index is 5.78. The molecule has 0 radical (unpaired) electrons. The Labute approximate surface area is 143 Å². The SMILES string of the molecule is COC1(c2noc(C3CCC(N4CCOCC4)CC3)n2)CCCC1. The van der Waals surface area contributed by atoms with Crippen LogP contribution in [0.5, 0.6) is 0 Å². The molecule has 0 N–H and O–H groups in total. The summed E-state index contributed by atoms with van der Waals surface area (Å²) in [6.45, 7) is 3.92. The van der Waals surface area contributed by atoms with Crippen molar-refractivity contribution in [2.24, 2.45) is 0 Å². The summed E-state index contributed by atoms with van der Waals surface area (Å²) in [5.41, 5.74) is -0.299. The van der Waals surface area contributed by atoms with Gasteiger partial charge in [-0.1, -0.05) is 5.16 Å². The minimum absolute atomic E-state index is 0.299. The fourth-order valence-corrected chi connectivity index (χ4v) is 4.68. The van der Waals surface area contributed by atoms with E-state index < -0.39 is 0 Å². The summed E-state index contributed by atoms with van der Waals surface area (Å²) < 4.78 is 16.9. The lowest BCUT2D eigenvalue weighted by atomic mass is 9.85. The average molecular weight is 335 g/mol. The normalized spacial score (nSPS) is 31.4. The highest BCUT2D eigenvalue weighted by atomic mass is 16.5. The van der Waals surface area contributed by atoms with Gasteiger partial charge in [0.25, 0.3) is 0 Å². The lowest BCUT2D eigenvalue weighted by molar-refractivity contribution is -0.0178. The van der Waals surface area contributed by atoms with Crippen molar-refractivity contribution in [3.63, 3.8) is 0 Å². The first-order valence-electron chi connectivity index (χ1n) is 9.52. The van der Waals surface area contributed by atoms with Crippen LogP contribution in [0.15, 0.2) is 4.52 Å². The molecule has 134 valence electrons. The third-order valence-corrected chi connectivity index (χ3v) is 6.26. The van der Waals surface area contributed by atoms with Gasteiger partial charge in [0.1, 0.15) is 5.60 Å². The van der Waals surface area contributed by atoms with Crippen LogP contribution >= 0.6 is 0 Å². The molecule has 2 heterocycles. The van der Waals surface area contributed by atoms with Crippen LogP contribution in [-0.2, 0) is 15.1 Å². The Kier molecular flexibility index (Phi) is 4.88. The molecular weight excluding hydrogens is 306 g/mol. The summed E-state index contributed by atoms with van der Waals surface area (Å²) in [6.07, 6.45) is 9.10. The van der Waals surface area contributed by atoms with E-state index in [9.17, 15) is 0 Å². The second-order valence-electron chi connectivity index (χ2n) is 7.52. The lowest BCUT2D eigenvalue weighted by Crippen LogP contribution is -2.44. The van der Waals surface area contributed by atoms with E-state index in [4.69, 9.17) is 19.0 Å². The first-order valence-corrected chi connectivity index (χ1v) is 9.52. The van der Waals surface area contributed by atoms with Gasteiger partial charge >= 0.3 is 0 Å². The Morgan fingerprint density at radius 3 is 2.46 bits per heavy atom. The zero-order valence-corrected chi connectivity index (χ0v) is 14.7. The van der Waals surface area contributed by atoms with Gasteiger partial charge in [-0.15, -0.1) is 0 Å².